The Labute approximate surface area is 376 Å². The van der Waals surface area contributed by atoms with Crippen LogP contribution in [0.25, 0.3) is 0 Å². The van der Waals surface area contributed by atoms with Crippen LogP contribution in [0.1, 0.15) is 171 Å². The fourth-order valence-electron chi connectivity index (χ4n) is 6.56. The van der Waals surface area contributed by atoms with Crippen LogP contribution in [0.2, 0.25) is 0 Å². The van der Waals surface area contributed by atoms with E-state index >= 15 is 0 Å². The fraction of sp³-hybridized carbons (Fsp3) is 0.720. The van der Waals surface area contributed by atoms with Crippen molar-refractivity contribution in [2.75, 3.05) is 47.5 Å². The van der Waals surface area contributed by atoms with Gasteiger partial charge in [-0.05, 0) is 103 Å². The maximum atomic E-state index is 12.7. The lowest BCUT2D eigenvalue weighted by molar-refractivity contribution is -0.870. The van der Waals surface area contributed by atoms with Gasteiger partial charge in [-0.25, -0.2) is 4.57 Å². The first-order valence-corrected chi connectivity index (χ1v) is 25.3. The molecule has 0 saturated carbocycles. The van der Waals surface area contributed by atoms with Crippen LogP contribution in [0, 0.1) is 13.8 Å². The monoisotopic (exact) mass is 893 g/mol. The van der Waals surface area contributed by atoms with E-state index in [-0.39, 0.29) is 32.2 Å². The molecule has 1 unspecified atom stereocenters. The van der Waals surface area contributed by atoms with Crippen molar-refractivity contribution in [1.29, 1.82) is 0 Å². The van der Waals surface area contributed by atoms with Gasteiger partial charge in [0.2, 0.25) is 0 Å². The molecule has 0 aliphatic heterocycles. The number of carbonyl (C=O) groups is 2. The van der Waals surface area contributed by atoms with Gasteiger partial charge in [-0.2, -0.15) is 0 Å². The largest absolute Gasteiger partial charge is 0.472 e. The van der Waals surface area contributed by atoms with Crippen LogP contribution < -0.4 is 0 Å². The predicted molar refractivity (Wildman–Crippen MR) is 252 cm³/mol. The molecular weight excluding hydrogens is 806 g/mol. The summed E-state index contributed by atoms with van der Waals surface area (Å²) >= 11 is 0. The number of aliphatic hydroxyl groups is 1. The molecule has 0 spiro atoms. The average Bonchev–Trinajstić information content (AvgIpc) is 3.47. The molecule has 356 valence electrons. The van der Waals surface area contributed by atoms with Crippen molar-refractivity contribution < 1.29 is 51.6 Å². The number of carbonyl (C=O) groups excluding carboxylic acids is 2. The third-order valence-electron chi connectivity index (χ3n) is 10.6. The highest BCUT2D eigenvalue weighted by Gasteiger charge is 2.27. The molecule has 0 saturated heterocycles. The first-order chi connectivity index (χ1) is 29.6. The van der Waals surface area contributed by atoms with E-state index in [9.17, 15) is 24.2 Å². The quantitative estimate of drug-likeness (QED) is 0.0216. The highest BCUT2D eigenvalue weighted by Crippen LogP contribution is 2.43. The summed E-state index contributed by atoms with van der Waals surface area (Å²) in [5.41, 5.74) is 2.65. The van der Waals surface area contributed by atoms with E-state index in [0.717, 1.165) is 82.8 Å². The molecule has 0 amide bonds. The highest BCUT2D eigenvalue weighted by atomic mass is 31.2. The van der Waals surface area contributed by atoms with Gasteiger partial charge in [0, 0.05) is 25.7 Å². The standard InChI is InChI=1S/C50H86NO10P/c1-8-9-29-35-47-44(3)45(4)48(61-47)36-31-26-22-19-20-23-27-32-37-49(53)57-41-46(42-59-62(55,56)58-40-39-51(5,6)7)60-50(54)38-33-28-24-18-16-14-12-10-11-13-15-17-21-25-30-34-43(2)52/h11-14,17-18,21,24,43,46,52H,8-10,15-16,19-20,22-23,25-42H2,1-7H3/p+1/b13-11-,14-12-,21-17-,24-18-/t43-,46+/m0/s1. The molecule has 1 aromatic rings. The Morgan fingerprint density at radius 2 is 1.18 bits per heavy atom. The molecule has 3 atom stereocenters. The number of likely N-dealkylation sites (N-methyl/N-ethyl adjacent to an activating group) is 1. The lowest BCUT2D eigenvalue weighted by Crippen LogP contribution is -2.37. The van der Waals surface area contributed by atoms with Crippen molar-refractivity contribution in [2.24, 2.45) is 0 Å². The molecule has 0 aliphatic carbocycles. The molecule has 62 heavy (non-hydrogen) atoms. The molecule has 0 radical (unpaired) electrons. The van der Waals surface area contributed by atoms with Gasteiger partial charge in [-0.1, -0.05) is 107 Å². The van der Waals surface area contributed by atoms with Crippen LogP contribution in [0.15, 0.2) is 53.0 Å². The number of aliphatic hydroxyl groups excluding tert-OH is 1. The minimum atomic E-state index is -4.41. The van der Waals surface area contributed by atoms with Gasteiger partial charge in [0.15, 0.2) is 6.10 Å². The molecule has 2 N–H and O–H groups in total. The topological polar surface area (TPSA) is 142 Å². The molecule has 11 nitrogen and oxygen atoms in total. The zero-order chi connectivity index (χ0) is 45.9. The minimum Gasteiger partial charge on any atom is -0.466 e. The molecule has 1 rings (SSSR count). The van der Waals surface area contributed by atoms with Crippen molar-refractivity contribution in [3.8, 4) is 0 Å². The molecular formula is C50H87NO10P+. The molecule has 0 aliphatic rings. The second kappa shape index (κ2) is 35.5. The molecule has 12 heteroatoms. The SMILES string of the molecule is CCCCCc1oc(CCCCCCCCCCC(=O)OC[C@H](COP(=O)(O)OCC[N+](C)(C)C)OC(=O)CCC/C=C\C/C=C\C/C=C\C/C=C\CCC[C@H](C)O)c(C)c1C. The normalized spacial score (nSPS) is 14.4. The Hall–Kier alpha value is -2.79. The molecule has 0 fully saturated rings. The van der Waals surface area contributed by atoms with Gasteiger partial charge >= 0.3 is 19.8 Å². The van der Waals surface area contributed by atoms with Crippen molar-refractivity contribution in [3.05, 3.63) is 71.3 Å². The van der Waals surface area contributed by atoms with Crippen LogP contribution in [0.4, 0.5) is 0 Å². The summed E-state index contributed by atoms with van der Waals surface area (Å²) in [6.07, 6.45) is 36.9. The van der Waals surface area contributed by atoms with Crippen molar-refractivity contribution in [2.45, 2.75) is 188 Å². The van der Waals surface area contributed by atoms with E-state index < -0.39 is 32.5 Å². The van der Waals surface area contributed by atoms with Gasteiger partial charge in [-0.3, -0.25) is 18.6 Å². The Balaban J connectivity index is 2.37. The number of quaternary nitrogens is 1. The first-order valence-electron chi connectivity index (χ1n) is 23.8. The third kappa shape index (κ3) is 32.8. The Kier molecular flexibility index (Phi) is 32.8. The predicted octanol–water partition coefficient (Wildman–Crippen LogP) is 12.1. The minimum absolute atomic E-state index is 0.00741. The molecule has 0 aromatic carbocycles. The summed E-state index contributed by atoms with van der Waals surface area (Å²) < 4.78 is 40.6. The zero-order valence-electron chi connectivity index (χ0n) is 39.9. The maximum Gasteiger partial charge on any atom is 0.472 e. The van der Waals surface area contributed by atoms with Crippen LogP contribution in [-0.4, -0.2) is 86.1 Å². The molecule has 1 heterocycles. The number of aryl methyl sites for hydroxylation is 2. The summed E-state index contributed by atoms with van der Waals surface area (Å²) in [5, 5.41) is 9.29. The van der Waals surface area contributed by atoms with Crippen LogP contribution in [0.3, 0.4) is 0 Å². The Morgan fingerprint density at radius 1 is 0.677 bits per heavy atom. The highest BCUT2D eigenvalue weighted by molar-refractivity contribution is 7.47. The number of phosphoric ester groups is 1. The summed E-state index contributed by atoms with van der Waals surface area (Å²) in [4.78, 5) is 35.5. The Bertz CT molecular complexity index is 1490. The second-order valence-corrected chi connectivity index (χ2v) is 19.1. The maximum absolute atomic E-state index is 12.7. The lowest BCUT2D eigenvalue weighted by atomic mass is 10.0. The summed E-state index contributed by atoms with van der Waals surface area (Å²) in [6.45, 7) is 8.20. The number of hydrogen-bond acceptors (Lipinski definition) is 9. The van der Waals surface area contributed by atoms with Crippen molar-refractivity contribution in [1.82, 2.24) is 0 Å². The number of ether oxygens (including phenoxy) is 2. The van der Waals surface area contributed by atoms with Crippen LogP contribution in [0.5, 0.6) is 0 Å². The lowest BCUT2D eigenvalue weighted by Gasteiger charge is -2.24. The van der Waals surface area contributed by atoms with E-state index in [1.54, 1.807) is 0 Å². The van der Waals surface area contributed by atoms with Gasteiger partial charge < -0.3 is 28.4 Å². The van der Waals surface area contributed by atoms with Gasteiger partial charge in [0.05, 0.1) is 33.9 Å². The molecule has 0 bridgehead atoms. The van der Waals surface area contributed by atoms with Gasteiger partial charge in [-0.15, -0.1) is 0 Å². The fourth-order valence-corrected chi connectivity index (χ4v) is 7.30. The smallest absolute Gasteiger partial charge is 0.466 e. The van der Waals surface area contributed by atoms with E-state index in [1.807, 2.05) is 34.1 Å². The van der Waals surface area contributed by atoms with Gasteiger partial charge in [0.25, 0.3) is 0 Å². The number of esters is 2. The zero-order valence-corrected chi connectivity index (χ0v) is 40.8. The number of phosphoric acid groups is 1. The number of unbranched alkanes of at least 4 members (excludes halogenated alkanes) is 11. The van der Waals surface area contributed by atoms with E-state index in [0.29, 0.717) is 30.3 Å². The van der Waals surface area contributed by atoms with Crippen molar-refractivity contribution in [3.63, 3.8) is 0 Å². The van der Waals surface area contributed by atoms with E-state index in [1.165, 1.54) is 55.4 Å². The van der Waals surface area contributed by atoms with Crippen LogP contribution >= 0.6 is 7.82 Å². The third-order valence-corrected chi connectivity index (χ3v) is 11.6. The van der Waals surface area contributed by atoms with Crippen molar-refractivity contribution >= 4 is 19.8 Å². The number of furan rings is 1. The molecule has 1 aromatic heterocycles. The van der Waals surface area contributed by atoms with E-state index in [4.69, 9.17) is 22.9 Å². The number of nitrogens with zero attached hydrogens (tertiary/aromatic N) is 1. The van der Waals surface area contributed by atoms with Gasteiger partial charge in [0.1, 0.15) is 31.3 Å². The number of hydrogen-bond donors (Lipinski definition) is 2. The average molecular weight is 893 g/mol. The summed E-state index contributed by atoms with van der Waals surface area (Å²) in [5.74, 6) is 1.43. The number of allylic oxidation sites excluding steroid dienone is 8. The van der Waals surface area contributed by atoms with Crippen LogP contribution in [-0.2, 0) is 45.5 Å². The summed E-state index contributed by atoms with van der Waals surface area (Å²) in [6, 6.07) is 0. The number of rotatable bonds is 39. The summed E-state index contributed by atoms with van der Waals surface area (Å²) in [7, 11) is 1.40. The van der Waals surface area contributed by atoms with E-state index in [2.05, 4.69) is 63.3 Å². The Morgan fingerprint density at radius 3 is 1.73 bits per heavy atom. The second-order valence-electron chi connectivity index (χ2n) is 17.7. The first kappa shape index (κ1) is 57.2.